The van der Waals surface area contributed by atoms with Gasteiger partial charge in [-0.25, -0.2) is 0 Å². The van der Waals surface area contributed by atoms with Crippen LogP contribution in [0.5, 0.6) is 0 Å². The molecule has 0 bridgehead atoms. The molecule has 1 atom stereocenters. The summed E-state index contributed by atoms with van der Waals surface area (Å²) in [5, 5.41) is 3.77. The molecule has 5 heteroatoms. The van der Waals surface area contributed by atoms with Gasteiger partial charge >= 0.3 is 58.2 Å². The summed E-state index contributed by atoms with van der Waals surface area (Å²) in [5.41, 5.74) is 0. The summed E-state index contributed by atoms with van der Waals surface area (Å²) < 4.78 is 0. The minimum Gasteiger partial charge on any atom is -0.653 e. The number of nitrogens with zero attached hydrogens (tertiary/aromatic N) is 1. The van der Waals surface area contributed by atoms with E-state index in [0.717, 1.165) is 19.4 Å². The van der Waals surface area contributed by atoms with Crippen molar-refractivity contribution in [2.75, 3.05) is 6.54 Å². The summed E-state index contributed by atoms with van der Waals surface area (Å²) in [6.07, 6.45) is 2.12. The van der Waals surface area contributed by atoms with Crippen LogP contribution < -0.4 is 58.2 Å². The maximum atomic E-state index is 10.6. The molecular weight excluding hydrogens is 447 g/mol. The van der Waals surface area contributed by atoms with Crippen molar-refractivity contribution in [3.8, 4) is 0 Å². The van der Waals surface area contributed by atoms with E-state index in [1.165, 1.54) is 0 Å². The third kappa shape index (κ3) is 21.0. The van der Waals surface area contributed by atoms with Gasteiger partial charge in [0.1, 0.15) is 6.79 Å². The molecule has 1 saturated heterocycles. The predicted octanol–water partition coefficient (Wildman–Crippen LogP) is 0.186. The van der Waals surface area contributed by atoms with Crippen LogP contribution in [0.3, 0.4) is 0 Å². The molecule has 1 aliphatic rings. The van der Waals surface area contributed by atoms with E-state index in [-0.39, 0.29) is 91.1 Å². The summed E-state index contributed by atoms with van der Waals surface area (Å²) in [4.78, 5) is 18.6. The first-order chi connectivity index (χ1) is 6.80. The van der Waals surface area contributed by atoms with Gasteiger partial charge in [0.15, 0.2) is 0 Å². The summed E-state index contributed by atoms with van der Waals surface area (Å²) in [6.45, 7) is 12.7. The third-order valence-corrected chi connectivity index (χ3v) is 1.48. The third-order valence-electron chi connectivity index (χ3n) is 1.48. The Morgan fingerprint density at radius 2 is 1.56 bits per heavy atom. The van der Waals surface area contributed by atoms with Crippen molar-refractivity contribution in [1.29, 1.82) is 0 Å². The Labute approximate surface area is 164 Å². The Balaban J connectivity index is -0.0000000445. The summed E-state index contributed by atoms with van der Waals surface area (Å²) >= 11 is 0. The molecule has 0 N–H and O–H groups in total. The molecule has 1 heterocycles. The fourth-order valence-electron chi connectivity index (χ4n) is 0.866. The number of carbonyl (C=O) groups excluding carboxylic acids is 2. The molecular formula is C11H24NO2RbW. The molecule has 0 aliphatic carbocycles. The van der Waals surface area contributed by atoms with Gasteiger partial charge in [-0.15, -0.1) is 6.54 Å². The zero-order valence-electron chi connectivity index (χ0n) is 11.6. The van der Waals surface area contributed by atoms with Crippen LogP contribution in [0.4, 0.5) is 0 Å². The molecule has 0 aromatic heterocycles. The minimum atomic E-state index is 0. The smallest absolute Gasteiger partial charge is 0.653 e. The van der Waals surface area contributed by atoms with Gasteiger partial charge < -0.3 is 14.9 Å². The largest absolute Gasteiger partial charge is 1.00 e. The predicted molar refractivity (Wildman–Crippen MR) is 61.4 cm³/mol. The average Bonchev–Trinajstić information content (AvgIpc) is 2.31. The number of amides is 1. The standard InChI is InChI=1S/C6H11NO.2C2H6.CH2O.Rb.W/c1-5-3-2-4-7-6(5)8;3*1-2;;/h5H,2-4H2,1H3,(H,7,8);2*1-2H3;1H2;;/q;;;;+1;/p-1. The van der Waals surface area contributed by atoms with Gasteiger partial charge in [-0.1, -0.05) is 41.0 Å². The van der Waals surface area contributed by atoms with Crippen molar-refractivity contribution in [2.45, 2.75) is 47.5 Å². The normalized spacial score (nSPS) is 15.8. The molecule has 1 amide bonds. The van der Waals surface area contributed by atoms with Crippen LogP contribution in [0.2, 0.25) is 0 Å². The molecule has 0 aromatic rings. The molecule has 1 rings (SSSR count). The fraction of sp³-hybridized carbons (Fsp3) is 0.818. The van der Waals surface area contributed by atoms with Crippen LogP contribution in [0, 0.1) is 5.92 Å². The first-order valence-corrected chi connectivity index (χ1v) is 5.31. The Morgan fingerprint density at radius 1 is 1.19 bits per heavy atom. The number of carbonyl (C=O) groups is 2. The van der Waals surface area contributed by atoms with E-state index in [2.05, 4.69) is 5.32 Å². The van der Waals surface area contributed by atoms with E-state index < -0.39 is 0 Å². The van der Waals surface area contributed by atoms with Crippen LogP contribution in [-0.2, 0) is 30.7 Å². The van der Waals surface area contributed by atoms with Crippen LogP contribution in [0.15, 0.2) is 0 Å². The summed E-state index contributed by atoms with van der Waals surface area (Å²) in [7, 11) is 0. The van der Waals surface area contributed by atoms with Crippen LogP contribution in [0.25, 0.3) is 5.32 Å². The van der Waals surface area contributed by atoms with Gasteiger partial charge in [0.25, 0.3) is 0 Å². The van der Waals surface area contributed by atoms with E-state index in [9.17, 15) is 4.79 Å². The van der Waals surface area contributed by atoms with Gasteiger partial charge in [-0.05, 0) is 12.3 Å². The molecule has 92 valence electrons. The van der Waals surface area contributed by atoms with Gasteiger partial charge in [0.05, 0.1) is 5.91 Å². The molecule has 3 nitrogen and oxygen atoms in total. The second-order valence-electron chi connectivity index (χ2n) is 2.26. The van der Waals surface area contributed by atoms with Gasteiger partial charge in [0, 0.05) is 21.1 Å². The summed E-state index contributed by atoms with van der Waals surface area (Å²) in [5.74, 6) is 0.292. The average molecular weight is 472 g/mol. The van der Waals surface area contributed by atoms with Crippen molar-refractivity contribution in [2.24, 2.45) is 5.92 Å². The van der Waals surface area contributed by atoms with E-state index in [1.54, 1.807) is 0 Å². The first-order valence-electron chi connectivity index (χ1n) is 5.31. The minimum absolute atomic E-state index is 0. The van der Waals surface area contributed by atoms with Crippen molar-refractivity contribution in [3.63, 3.8) is 0 Å². The maximum absolute atomic E-state index is 10.6. The molecule has 0 spiro atoms. The summed E-state index contributed by atoms with van der Waals surface area (Å²) in [6, 6.07) is 0. The number of piperidine rings is 1. The van der Waals surface area contributed by atoms with Gasteiger partial charge in [0.2, 0.25) is 0 Å². The zero-order chi connectivity index (χ0) is 12.0. The molecule has 0 saturated carbocycles. The fourth-order valence-corrected chi connectivity index (χ4v) is 0.866. The zero-order valence-corrected chi connectivity index (χ0v) is 19.4. The Hall–Kier alpha value is 1.63. The maximum Gasteiger partial charge on any atom is 1.00 e. The molecule has 16 heavy (non-hydrogen) atoms. The molecule has 0 radical (unpaired) electrons. The van der Waals surface area contributed by atoms with Crippen LogP contribution in [0.1, 0.15) is 47.5 Å². The van der Waals surface area contributed by atoms with Crippen molar-refractivity contribution < 1.29 is 88.8 Å². The molecule has 1 fully saturated rings. The van der Waals surface area contributed by atoms with Crippen LogP contribution in [-0.4, -0.2) is 19.2 Å². The Kier molecular flexibility index (Phi) is 57.4. The molecule has 1 unspecified atom stereocenters. The van der Waals surface area contributed by atoms with Crippen molar-refractivity contribution in [3.05, 3.63) is 5.32 Å². The Bertz CT molecular complexity index is 127. The second kappa shape index (κ2) is 30.0. The van der Waals surface area contributed by atoms with E-state index >= 15 is 0 Å². The number of rotatable bonds is 0. The first kappa shape index (κ1) is 30.6. The van der Waals surface area contributed by atoms with Gasteiger partial charge in [-0.2, -0.15) is 0 Å². The number of hydrogen-bond acceptors (Lipinski definition) is 2. The van der Waals surface area contributed by atoms with E-state index in [1.807, 2.05) is 41.4 Å². The van der Waals surface area contributed by atoms with Crippen molar-refractivity contribution >= 4 is 12.7 Å². The monoisotopic (exact) mass is 471 g/mol. The molecule has 1 aliphatic heterocycles. The SMILES string of the molecule is C=O.CC.CC.CC1CCC[N-]C1=O.[Rb+].[W]. The number of hydrogen-bond donors (Lipinski definition) is 0. The van der Waals surface area contributed by atoms with E-state index in [0.29, 0.717) is 0 Å². The van der Waals surface area contributed by atoms with Crippen molar-refractivity contribution in [1.82, 2.24) is 0 Å². The van der Waals surface area contributed by atoms with Crippen LogP contribution >= 0.6 is 0 Å². The quantitative estimate of drug-likeness (QED) is 0.506. The molecule has 0 aromatic carbocycles. The second-order valence-corrected chi connectivity index (χ2v) is 2.26. The Morgan fingerprint density at radius 3 is 1.75 bits per heavy atom. The van der Waals surface area contributed by atoms with E-state index in [4.69, 9.17) is 4.79 Å². The van der Waals surface area contributed by atoms with Gasteiger partial charge in [-0.3, -0.25) is 0 Å². The topological polar surface area (TPSA) is 48.2 Å².